The van der Waals surface area contributed by atoms with Gasteiger partial charge in [-0.2, -0.15) is 5.26 Å². The third kappa shape index (κ3) is 2.60. The molecule has 6 nitrogen and oxygen atoms in total. The Kier molecular flexibility index (Phi) is 3.83. The largest absolute Gasteiger partial charge is 0.274 e. The second kappa shape index (κ2) is 6.08. The van der Waals surface area contributed by atoms with Crippen molar-refractivity contribution in [3.8, 4) is 11.8 Å². The van der Waals surface area contributed by atoms with Crippen LogP contribution in [0.1, 0.15) is 16.7 Å². The van der Waals surface area contributed by atoms with Gasteiger partial charge in [0.15, 0.2) is 5.65 Å². The second-order valence-electron chi connectivity index (χ2n) is 6.33. The van der Waals surface area contributed by atoms with E-state index in [-0.39, 0.29) is 22.2 Å². The standard InChI is InChI=1S/C20H13ClN4O2/c1-11-3-6-17-23-18-15(20(27)24(17)10-11)7-13(9-22)19(26)25(18)14-5-4-12(2)16(21)8-14/h3-8,10H,1-2H3. The molecule has 27 heavy (non-hydrogen) atoms. The van der Waals surface area contributed by atoms with E-state index in [2.05, 4.69) is 4.98 Å². The maximum absolute atomic E-state index is 13.0. The van der Waals surface area contributed by atoms with Crippen LogP contribution in [0, 0.1) is 25.2 Å². The number of nitrogens with zero attached hydrogens (tertiary/aromatic N) is 4. The van der Waals surface area contributed by atoms with Crippen LogP contribution in [-0.2, 0) is 0 Å². The Bertz CT molecular complexity index is 1410. The van der Waals surface area contributed by atoms with Crippen molar-refractivity contribution in [2.24, 2.45) is 0 Å². The number of nitriles is 1. The molecule has 0 aliphatic heterocycles. The minimum Gasteiger partial charge on any atom is -0.268 e. The molecule has 132 valence electrons. The van der Waals surface area contributed by atoms with Crippen LogP contribution in [0.2, 0.25) is 5.02 Å². The molecule has 0 spiro atoms. The first-order chi connectivity index (χ1) is 12.9. The lowest BCUT2D eigenvalue weighted by Crippen LogP contribution is -2.26. The van der Waals surface area contributed by atoms with E-state index >= 15 is 0 Å². The first-order valence-corrected chi connectivity index (χ1v) is 8.54. The molecule has 0 atom stereocenters. The molecule has 0 saturated carbocycles. The van der Waals surface area contributed by atoms with Gasteiger partial charge >= 0.3 is 0 Å². The minimum absolute atomic E-state index is 0.134. The van der Waals surface area contributed by atoms with Gasteiger partial charge in [0.05, 0.1) is 11.1 Å². The molecule has 4 aromatic rings. The highest BCUT2D eigenvalue weighted by molar-refractivity contribution is 6.31. The van der Waals surface area contributed by atoms with Gasteiger partial charge in [0.25, 0.3) is 11.1 Å². The number of aromatic nitrogens is 3. The summed E-state index contributed by atoms with van der Waals surface area (Å²) in [5, 5.41) is 10.0. The average Bonchev–Trinajstić information content (AvgIpc) is 2.65. The predicted octanol–water partition coefficient (Wildman–Crippen LogP) is 3.14. The summed E-state index contributed by atoms with van der Waals surface area (Å²) in [6.07, 6.45) is 1.67. The van der Waals surface area contributed by atoms with Crippen molar-refractivity contribution in [1.82, 2.24) is 14.0 Å². The number of hydrogen-bond acceptors (Lipinski definition) is 4. The molecular weight excluding hydrogens is 364 g/mol. The Balaban J connectivity index is 2.25. The molecule has 4 rings (SSSR count). The van der Waals surface area contributed by atoms with E-state index in [0.29, 0.717) is 16.4 Å². The molecular formula is C20H13ClN4O2. The Morgan fingerprint density at radius 3 is 2.56 bits per heavy atom. The molecule has 7 heteroatoms. The van der Waals surface area contributed by atoms with E-state index in [9.17, 15) is 14.9 Å². The van der Waals surface area contributed by atoms with Crippen LogP contribution in [0.3, 0.4) is 0 Å². The Morgan fingerprint density at radius 1 is 1.07 bits per heavy atom. The van der Waals surface area contributed by atoms with Crippen molar-refractivity contribution in [3.05, 3.63) is 85.0 Å². The van der Waals surface area contributed by atoms with Crippen LogP contribution in [0.25, 0.3) is 22.4 Å². The molecule has 0 aliphatic carbocycles. The van der Waals surface area contributed by atoms with Gasteiger partial charge in [0.2, 0.25) is 0 Å². The zero-order valence-electron chi connectivity index (χ0n) is 14.5. The number of halogens is 1. The lowest BCUT2D eigenvalue weighted by molar-refractivity contribution is 0.980. The lowest BCUT2D eigenvalue weighted by Gasteiger charge is -2.12. The predicted molar refractivity (Wildman–Crippen MR) is 104 cm³/mol. The van der Waals surface area contributed by atoms with E-state index in [1.165, 1.54) is 15.0 Å². The van der Waals surface area contributed by atoms with Crippen LogP contribution in [0.5, 0.6) is 0 Å². The summed E-state index contributed by atoms with van der Waals surface area (Å²) in [6.45, 7) is 3.71. The Morgan fingerprint density at radius 2 is 1.85 bits per heavy atom. The van der Waals surface area contributed by atoms with Gasteiger partial charge in [-0.25, -0.2) is 4.98 Å². The lowest BCUT2D eigenvalue weighted by atomic mass is 10.2. The molecule has 0 bridgehead atoms. The summed E-state index contributed by atoms with van der Waals surface area (Å²) in [6, 6.07) is 11.8. The number of rotatable bonds is 1. The first-order valence-electron chi connectivity index (χ1n) is 8.16. The van der Waals surface area contributed by atoms with Crippen molar-refractivity contribution in [2.45, 2.75) is 13.8 Å². The monoisotopic (exact) mass is 376 g/mol. The summed E-state index contributed by atoms with van der Waals surface area (Å²) in [7, 11) is 0. The van der Waals surface area contributed by atoms with E-state index in [0.717, 1.165) is 11.1 Å². The fourth-order valence-corrected chi connectivity index (χ4v) is 3.18. The number of aryl methyl sites for hydroxylation is 2. The minimum atomic E-state index is -0.548. The van der Waals surface area contributed by atoms with Crippen molar-refractivity contribution in [3.63, 3.8) is 0 Å². The summed E-state index contributed by atoms with van der Waals surface area (Å²) in [5.74, 6) is 0. The van der Waals surface area contributed by atoms with Gasteiger partial charge < -0.3 is 0 Å². The van der Waals surface area contributed by atoms with Crippen molar-refractivity contribution in [1.29, 1.82) is 5.26 Å². The van der Waals surface area contributed by atoms with Gasteiger partial charge in [-0.1, -0.05) is 23.7 Å². The molecule has 0 fully saturated rings. The Labute approximate surface area is 158 Å². The molecule has 0 aliphatic rings. The maximum Gasteiger partial charge on any atom is 0.274 e. The topological polar surface area (TPSA) is 80.2 Å². The highest BCUT2D eigenvalue weighted by Gasteiger charge is 2.16. The van der Waals surface area contributed by atoms with E-state index in [1.54, 1.807) is 30.5 Å². The average molecular weight is 377 g/mol. The van der Waals surface area contributed by atoms with E-state index in [4.69, 9.17) is 11.6 Å². The number of benzene rings is 1. The van der Waals surface area contributed by atoms with Gasteiger partial charge in [0, 0.05) is 11.2 Å². The molecule has 0 unspecified atom stereocenters. The summed E-state index contributed by atoms with van der Waals surface area (Å²) in [4.78, 5) is 30.4. The molecule has 0 N–H and O–H groups in total. The molecule has 0 radical (unpaired) electrons. The number of hydrogen-bond donors (Lipinski definition) is 0. The summed E-state index contributed by atoms with van der Waals surface area (Å²) >= 11 is 6.22. The summed E-state index contributed by atoms with van der Waals surface area (Å²) in [5.41, 5.74) is 1.76. The Hall–Kier alpha value is -3.43. The smallest absolute Gasteiger partial charge is 0.268 e. The molecule has 1 aromatic carbocycles. The third-order valence-corrected chi connectivity index (χ3v) is 4.86. The van der Waals surface area contributed by atoms with Crippen LogP contribution >= 0.6 is 11.6 Å². The van der Waals surface area contributed by atoms with Crippen LogP contribution in [0.4, 0.5) is 0 Å². The fraction of sp³-hybridized carbons (Fsp3) is 0.100. The number of pyridine rings is 2. The van der Waals surface area contributed by atoms with Gasteiger partial charge in [-0.05, 0) is 49.2 Å². The van der Waals surface area contributed by atoms with Gasteiger partial charge in [-0.3, -0.25) is 18.6 Å². The highest BCUT2D eigenvalue weighted by atomic mass is 35.5. The van der Waals surface area contributed by atoms with Crippen molar-refractivity contribution >= 4 is 28.3 Å². The number of fused-ring (bicyclic) bond motifs is 2. The third-order valence-electron chi connectivity index (χ3n) is 4.45. The van der Waals surface area contributed by atoms with E-state index < -0.39 is 5.56 Å². The zero-order valence-corrected chi connectivity index (χ0v) is 15.3. The SMILES string of the molecule is Cc1ccc2nc3c(cc(C#N)c(=O)n3-c3ccc(C)c(Cl)c3)c(=O)n2c1. The maximum atomic E-state index is 13.0. The van der Waals surface area contributed by atoms with Crippen LogP contribution in [0.15, 0.2) is 52.2 Å². The first kappa shape index (κ1) is 17.0. The quantitative estimate of drug-likeness (QED) is 0.478. The highest BCUT2D eigenvalue weighted by Crippen LogP contribution is 2.21. The fourth-order valence-electron chi connectivity index (χ4n) is 3.01. The van der Waals surface area contributed by atoms with Gasteiger partial charge in [-0.15, -0.1) is 0 Å². The van der Waals surface area contributed by atoms with Gasteiger partial charge in [0.1, 0.15) is 17.3 Å². The second-order valence-corrected chi connectivity index (χ2v) is 6.74. The molecule has 3 heterocycles. The summed E-state index contributed by atoms with van der Waals surface area (Å²) < 4.78 is 2.68. The van der Waals surface area contributed by atoms with Crippen molar-refractivity contribution in [2.75, 3.05) is 0 Å². The molecule has 3 aromatic heterocycles. The van der Waals surface area contributed by atoms with E-state index in [1.807, 2.05) is 26.0 Å². The molecule has 0 saturated heterocycles. The normalized spacial score (nSPS) is 11.0. The van der Waals surface area contributed by atoms with Crippen molar-refractivity contribution < 1.29 is 0 Å². The van der Waals surface area contributed by atoms with Crippen LogP contribution in [-0.4, -0.2) is 14.0 Å². The zero-order chi connectivity index (χ0) is 19.3. The van der Waals surface area contributed by atoms with Crippen LogP contribution < -0.4 is 11.1 Å². The molecule has 0 amide bonds.